The number of pyridine rings is 1. The highest BCUT2D eigenvalue weighted by Crippen LogP contribution is 2.25. The van der Waals surface area contributed by atoms with Crippen LogP contribution in [0.4, 0.5) is 5.69 Å². The van der Waals surface area contributed by atoms with Crippen molar-refractivity contribution in [2.45, 2.75) is 6.42 Å². The van der Waals surface area contributed by atoms with Gasteiger partial charge in [0.25, 0.3) is 0 Å². The summed E-state index contributed by atoms with van der Waals surface area (Å²) in [5, 5.41) is 6.41. The molecule has 0 aliphatic carbocycles. The Bertz CT molecular complexity index is 1170. The smallest absolute Gasteiger partial charge is 0.230 e. The summed E-state index contributed by atoms with van der Waals surface area (Å²) in [6.45, 7) is 0. The van der Waals surface area contributed by atoms with E-state index >= 15 is 0 Å². The molecular formula is C24H18ClN3OS. The fourth-order valence-electron chi connectivity index (χ4n) is 2.86. The SMILES string of the molecule is O=C(Cc1csc(-c2ccc(Cl)cc2)n1)Nc1cccc(/C=C/c2ccccn2)c1. The fraction of sp³-hybridized carbons (Fsp3) is 0.0417. The summed E-state index contributed by atoms with van der Waals surface area (Å²) in [6.07, 6.45) is 5.89. The molecule has 0 aliphatic heterocycles. The van der Waals surface area contributed by atoms with Crippen LogP contribution in [0.3, 0.4) is 0 Å². The summed E-state index contributed by atoms with van der Waals surface area (Å²) >= 11 is 7.45. The number of aromatic nitrogens is 2. The van der Waals surface area contributed by atoms with Crippen LogP contribution in [0, 0.1) is 0 Å². The molecule has 4 aromatic rings. The summed E-state index contributed by atoms with van der Waals surface area (Å²) in [5.74, 6) is -0.103. The van der Waals surface area contributed by atoms with Gasteiger partial charge in [-0.25, -0.2) is 4.98 Å². The number of nitrogens with one attached hydrogen (secondary N) is 1. The summed E-state index contributed by atoms with van der Waals surface area (Å²) in [7, 11) is 0. The van der Waals surface area contributed by atoms with Gasteiger partial charge < -0.3 is 5.32 Å². The van der Waals surface area contributed by atoms with E-state index in [4.69, 9.17) is 11.6 Å². The molecule has 2 heterocycles. The van der Waals surface area contributed by atoms with E-state index < -0.39 is 0 Å². The minimum absolute atomic E-state index is 0.103. The normalized spacial score (nSPS) is 11.0. The zero-order chi connectivity index (χ0) is 20.8. The predicted molar refractivity (Wildman–Crippen MR) is 125 cm³/mol. The monoisotopic (exact) mass is 431 g/mol. The lowest BCUT2D eigenvalue weighted by atomic mass is 10.1. The molecular weight excluding hydrogens is 414 g/mol. The van der Waals surface area contributed by atoms with Crippen LogP contribution in [0.5, 0.6) is 0 Å². The molecule has 2 aromatic carbocycles. The number of carbonyl (C=O) groups excluding carboxylic acids is 1. The topological polar surface area (TPSA) is 54.9 Å². The fourth-order valence-corrected chi connectivity index (χ4v) is 3.81. The molecule has 0 fully saturated rings. The van der Waals surface area contributed by atoms with E-state index in [1.54, 1.807) is 6.20 Å². The number of halogens is 1. The highest BCUT2D eigenvalue weighted by Gasteiger charge is 2.10. The first-order valence-electron chi connectivity index (χ1n) is 9.35. The first-order valence-corrected chi connectivity index (χ1v) is 10.6. The number of amides is 1. The van der Waals surface area contributed by atoms with Crippen molar-refractivity contribution in [3.8, 4) is 10.6 Å². The van der Waals surface area contributed by atoms with Crippen LogP contribution in [0.25, 0.3) is 22.7 Å². The first kappa shape index (κ1) is 20.0. The lowest BCUT2D eigenvalue weighted by Gasteiger charge is -2.05. The van der Waals surface area contributed by atoms with Gasteiger partial charge in [0, 0.05) is 27.9 Å². The van der Waals surface area contributed by atoms with E-state index in [-0.39, 0.29) is 12.3 Å². The van der Waals surface area contributed by atoms with E-state index in [2.05, 4.69) is 15.3 Å². The molecule has 0 atom stereocenters. The number of nitrogens with zero attached hydrogens (tertiary/aromatic N) is 2. The van der Waals surface area contributed by atoms with Gasteiger partial charge in [-0.3, -0.25) is 9.78 Å². The van der Waals surface area contributed by atoms with Gasteiger partial charge >= 0.3 is 0 Å². The van der Waals surface area contributed by atoms with Crippen molar-refractivity contribution in [2.24, 2.45) is 0 Å². The Morgan fingerprint density at radius 1 is 1.03 bits per heavy atom. The van der Waals surface area contributed by atoms with Gasteiger partial charge in [0.05, 0.1) is 17.8 Å². The summed E-state index contributed by atoms with van der Waals surface area (Å²) in [4.78, 5) is 21.3. The van der Waals surface area contributed by atoms with Crippen molar-refractivity contribution >= 4 is 46.7 Å². The number of hydrogen-bond acceptors (Lipinski definition) is 4. The van der Waals surface area contributed by atoms with Gasteiger partial charge in [0.15, 0.2) is 0 Å². The highest BCUT2D eigenvalue weighted by molar-refractivity contribution is 7.13. The maximum atomic E-state index is 12.5. The third kappa shape index (κ3) is 5.41. The molecule has 0 aliphatic rings. The van der Waals surface area contributed by atoms with Crippen molar-refractivity contribution < 1.29 is 4.79 Å². The quantitative estimate of drug-likeness (QED) is 0.394. The first-order chi connectivity index (χ1) is 14.7. The van der Waals surface area contributed by atoms with E-state index in [9.17, 15) is 4.79 Å². The molecule has 0 saturated carbocycles. The van der Waals surface area contributed by atoms with E-state index in [0.717, 1.165) is 33.2 Å². The Morgan fingerprint density at radius 3 is 2.70 bits per heavy atom. The van der Waals surface area contributed by atoms with Gasteiger partial charge in [-0.15, -0.1) is 11.3 Å². The molecule has 2 aromatic heterocycles. The molecule has 0 saturated heterocycles. The van der Waals surface area contributed by atoms with Crippen molar-refractivity contribution in [2.75, 3.05) is 5.32 Å². The van der Waals surface area contributed by atoms with E-state index in [0.29, 0.717) is 5.02 Å². The Morgan fingerprint density at radius 2 is 1.90 bits per heavy atom. The molecule has 148 valence electrons. The molecule has 0 unspecified atom stereocenters. The third-order valence-corrected chi connectivity index (χ3v) is 5.48. The largest absolute Gasteiger partial charge is 0.326 e. The molecule has 0 spiro atoms. The number of benzene rings is 2. The number of rotatable bonds is 6. The molecule has 1 N–H and O–H groups in total. The third-order valence-electron chi connectivity index (χ3n) is 4.29. The minimum atomic E-state index is -0.103. The molecule has 4 rings (SSSR count). The Kier molecular flexibility index (Phi) is 6.32. The van der Waals surface area contributed by atoms with Crippen LogP contribution in [0.1, 0.15) is 17.0 Å². The molecule has 0 radical (unpaired) electrons. The average Bonchev–Trinajstić information content (AvgIpc) is 3.22. The van der Waals surface area contributed by atoms with Crippen molar-refractivity contribution in [3.63, 3.8) is 0 Å². The van der Waals surface area contributed by atoms with Crippen LogP contribution in [-0.4, -0.2) is 15.9 Å². The summed E-state index contributed by atoms with van der Waals surface area (Å²) < 4.78 is 0. The molecule has 4 nitrogen and oxygen atoms in total. The standard InChI is InChI=1S/C24H18ClN3OS/c25-19-10-8-18(9-11-19)24-28-22(16-30-24)15-23(29)27-21-6-3-4-17(14-21)7-12-20-5-1-2-13-26-20/h1-14,16H,15H2,(H,27,29)/b12-7+. The molecule has 1 amide bonds. The molecule has 0 bridgehead atoms. The Labute approximate surface area is 183 Å². The Hall–Kier alpha value is -3.28. The van der Waals surface area contributed by atoms with Crippen LogP contribution in [0.15, 0.2) is 78.3 Å². The lowest BCUT2D eigenvalue weighted by Crippen LogP contribution is -2.14. The average molecular weight is 432 g/mol. The number of thiazole rings is 1. The predicted octanol–water partition coefficient (Wildman–Crippen LogP) is 6.21. The van der Waals surface area contributed by atoms with Gasteiger partial charge in [0.1, 0.15) is 5.01 Å². The van der Waals surface area contributed by atoms with Gasteiger partial charge in [-0.1, -0.05) is 48.0 Å². The molecule has 6 heteroatoms. The van der Waals surface area contributed by atoms with E-state index in [1.165, 1.54) is 11.3 Å². The van der Waals surface area contributed by atoms with Crippen molar-refractivity contribution in [3.05, 3.63) is 100 Å². The maximum Gasteiger partial charge on any atom is 0.230 e. The van der Waals surface area contributed by atoms with Crippen LogP contribution < -0.4 is 5.32 Å². The maximum absolute atomic E-state index is 12.5. The summed E-state index contributed by atoms with van der Waals surface area (Å²) in [6, 6.07) is 21.0. The van der Waals surface area contributed by atoms with E-state index in [1.807, 2.05) is 84.3 Å². The zero-order valence-corrected chi connectivity index (χ0v) is 17.5. The van der Waals surface area contributed by atoms with Crippen molar-refractivity contribution in [1.29, 1.82) is 0 Å². The number of hydrogen-bond donors (Lipinski definition) is 1. The number of carbonyl (C=O) groups is 1. The minimum Gasteiger partial charge on any atom is -0.326 e. The second-order valence-corrected chi connectivity index (χ2v) is 7.88. The van der Waals surface area contributed by atoms with Crippen molar-refractivity contribution in [1.82, 2.24) is 9.97 Å². The summed E-state index contributed by atoms with van der Waals surface area (Å²) in [5.41, 5.74) is 4.34. The van der Waals surface area contributed by atoms with Gasteiger partial charge in [-0.2, -0.15) is 0 Å². The second-order valence-electron chi connectivity index (χ2n) is 6.59. The highest BCUT2D eigenvalue weighted by atomic mass is 35.5. The van der Waals surface area contributed by atoms with Gasteiger partial charge in [0.2, 0.25) is 5.91 Å². The van der Waals surface area contributed by atoms with Crippen LogP contribution in [-0.2, 0) is 11.2 Å². The Balaban J connectivity index is 1.38. The number of anilines is 1. The van der Waals surface area contributed by atoms with Crippen LogP contribution in [0.2, 0.25) is 5.02 Å². The van der Waals surface area contributed by atoms with Crippen LogP contribution >= 0.6 is 22.9 Å². The second kappa shape index (κ2) is 9.48. The zero-order valence-electron chi connectivity index (χ0n) is 16.0. The van der Waals surface area contributed by atoms with Gasteiger partial charge in [-0.05, 0) is 48.0 Å². The molecule has 30 heavy (non-hydrogen) atoms. The lowest BCUT2D eigenvalue weighted by molar-refractivity contribution is -0.115.